The molecule has 3 unspecified atom stereocenters. The standard InChI is InChI=1S/C14H19ClO2/c1-10-6-7-12(17-10)8-11(9-16)13-4-2-3-5-14(13)15/h2-5,10-12,16H,6-9H2,1H3. The summed E-state index contributed by atoms with van der Waals surface area (Å²) in [6, 6.07) is 7.73. The molecule has 0 spiro atoms. The van der Waals surface area contributed by atoms with Crippen molar-refractivity contribution in [3.8, 4) is 0 Å². The SMILES string of the molecule is CC1CCC(CC(CO)c2ccccc2Cl)O1. The van der Waals surface area contributed by atoms with E-state index in [1.807, 2.05) is 24.3 Å². The second-order valence-corrected chi connectivity index (χ2v) is 5.19. The van der Waals surface area contributed by atoms with Gasteiger partial charge in [-0.1, -0.05) is 29.8 Å². The molecule has 1 saturated heterocycles. The van der Waals surface area contributed by atoms with E-state index in [1.165, 1.54) is 0 Å². The molecule has 0 radical (unpaired) electrons. The van der Waals surface area contributed by atoms with Gasteiger partial charge >= 0.3 is 0 Å². The second kappa shape index (κ2) is 5.85. The van der Waals surface area contributed by atoms with Crippen molar-refractivity contribution in [3.05, 3.63) is 34.9 Å². The zero-order valence-corrected chi connectivity index (χ0v) is 10.9. The first-order valence-corrected chi connectivity index (χ1v) is 6.59. The molecule has 3 atom stereocenters. The van der Waals surface area contributed by atoms with Crippen LogP contribution < -0.4 is 0 Å². The number of halogens is 1. The molecule has 3 heteroatoms. The van der Waals surface area contributed by atoms with E-state index in [9.17, 15) is 5.11 Å². The Morgan fingerprint density at radius 3 is 2.76 bits per heavy atom. The minimum absolute atomic E-state index is 0.0824. The molecule has 1 aliphatic rings. The van der Waals surface area contributed by atoms with Crippen LogP contribution in [0.25, 0.3) is 0 Å². The molecule has 1 N–H and O–H groups in total. The average molecular weight is 255 g/mol. The summed E-state index contributed by atoms with van der Waals surface area (Å²) < 4.78 is 5.80. The molecule has 1 aromatic rings. The molecule has 0 aliphatic carbocycles. The lowest BCUT2D eigenvalue weighted by atomic mass is 9.93. The van der Waals surface area contributed by atoms with Gasteiger partial charge in [-0.05, 0) is 37.8 Å². The van der Waals surface area contributed by atoms with Crippen molar-refractivity contribution in [1.82, 2.24) is 0 Å². The number of hydrogen-bond donors (Lipinski definition) is 1. The number of rotatable bonds is 4. The lowest BCUT2D eigenvalue weighted by Crippen LogP contribution is -2.16. The van der Waals surface area contributed by atoms with Gasteiger partial charge in [0.05, 0.1) is 18.8 Å². The van der Waals surface area contributed by atoms with E-state index < -0.39 is 0 Å². The summed E-state index contributed by atoms with van der Waals surface area (Å²) in [4.78, 5) is 0. The number of benzene rings is 1. The van der Waals surface area contributed by atoms with Gasteiger partial charge < -0.3 is 9.84 Å². The molecule has 0 amide bonds. The maximum atomic E-state index is 9.52. The highest BCUT2D eigenvalue weighted by Crippen LogP contribution is 2.32. The molecule has 1 aromatic carbocycles. The normalized spacial score (nSPS) is 26.1. The summed E-state index contributed by atoms with van der Waals surface area (Å²) in [5.41, 5.74) is 1.03. The smallest absolute Gasteiger partial charge is 0.0586 e. The largest absolute Gasteiger partial charge is 0.396 e. The first kappa shape index (κ1) is 12.9. The Morgan fingerprint density at radius 2 is 2.18 bits per heavy atom. The molecule has 94 valence electrons. The van der Waals surface area contributed by atoms with Crippen molar-refractivity contribution in [3.63, 3.8) is 0 Å². The Kier molecular flexibility index (Phi) is 4.43. The van der Waals surface area contributed by atoms with Gasteiger partial charge in [0.15, 0.2) is 0 Å². The van der Waals surface area contributed by atoms with Crippen molar-refractivity contribution >= 4 is 11.6 Å². The van der Waals surface area contributed by atoms with Crippen LogP contribution in [0.5, 0.6) is 0 Å². The minimum atomic E-state index is 0.0824. The van der Waals surface area contributed by atoms with Crippen LogP contribution in [0.1, 0.15) is 37.7 Å². The Bertz CT molecular complexity index is 367. The van der Waals surface area contributed by atoms with Crippen LogP contribution in [0.4, 0.5) is 0 Å². The molecule has 0 bridgehead atoms. The summed E-state index contributed by atoms with van der Waals surface area (Å²) in [5.74, 6) is 0.0824. The van der Waals surface area contributed by atoms with E-state index in [2.05, 4.69) is 6.92 Å². The van der Waals surface area contributed by atoms with Crippen molar-refractivity contribution in [2.45, 2.75) is 44.3 Å². The lowest BCUT2D eigenvalue weighted by Gasteiger charge is -2.20. The molecule has 1 aliphatic heterocycles. The Morgan fingerprint density at radius 1 is 1.41 bits per heavy atom. The van der Waals surface area contributed by atoms with E-state index in [-0.39, 0.29) is 18.6 Å². The van der Waals surface area contributed by atoms with Gasteiger partial charge in [-0.3, -0.25) is 0 Å². The van der Waals surface area contributed by atoms with Gasteiger partial charge in [-0.15, -0.1) is 0 Å². The van der Waals surface area contributed by atoms with E-state index >= 15 is 0 Å². The van der Waals surface area contributed by atoms with Crippen LogP contribution >= 0.6 is 11.6 Å². The molecular formula is C14H19ClO2. The molecule has 0 saturated carbocycles. The fourth-order valence-corrected chi connectivity index (χ4v) is 2.77. The van der Waals surface area contributed by atoms with E-state index in [0.717, 1.165) is 29.8 Å². The topological polar surface area (TPSA) is 29.5 Å². The van der Waals surface area contributed by atoms with Crippen molar-refractivity contribution < 1.29 is 9.84 Å². The fraction of sp³-hybridized carbons (Fsp3) is 0.571. The Labute approximate surface area is 108 Å². The third-order valence-corrected chi connectivity index (χ3v) is 3.78. The summed E-state index contributed by atoms with van der Waals surface area (Å²) in [6.45, 7) is 2.22. The maximum Gasteiger partial charge on any atom is 0.0586 e. The Hall–Kier alpha value is -0.570. The molecule has 17 heavy (non-hydrogen) atoms. The van der Waals surface area contributed by atoms with Crippen LogP contribution in [0.15, 0.2) is 24.3 Å². The zero-order valence-electron chi connectivity index (χ0n) is 10.1. The first-order valence-electron chi connectivity index (χ1n) is 6.21. The van der Waals surface area contributed by atoms with E-state index in [1.54, 1.807) is 0 Å². The maximum absolute atomic E-state index is 9.52. The van der Waals surface area contributed by atoms with Crippen LogP contribution in [-0.4, -0.2) is 23.9 Å². The van der Waals surface area contributed by atoms with Crippen molar-refractivity contribution in [2.75, 3.05) is 6.61 Å². The molecular weight excluding hydrogens is 236 g/mol. The van der Waals surface area contributed by atoms with Gasteiger partial charge in [-0.25, -0.2) is 0 Å². The lowest BCUT2D eigenvalue weighted by molar-refractivity contribution is 0.0423. The van der Waals surface area contributed by atoms with Crippen molar-refractivity contribution in [1.29, 1.82) is 0 Å². The molecule has 1 heterocycles. The monoisotopic (exact) mass is 254 g/mol. The zero-order chi connectivity index (χ0) is 12.3. The molecule has 2 nitrogen and oxygen atoms in total. The fourth-order valence-electron chi connectivity index (χ4n) is 2.48. The van der Waals surface area contributed by atoms with Gasteiger partial charge in [-0.2, -0.15) is 0 Å². The number of aliphatic hydroxyl groups is 1. The number of aliphatic hydroxyl groups excluding tert-OH is 1. The van der Waals surface area contributed by atoms with E-state index in [0.29, 0.717) is 6.10 Å². The Balaban J connectivity index is 2.04. The first-order chi connectivity index (χ1) is 8.20. The van der Waals surface area contributed by atoms with Gasteiger partial charge in [0, 0.05) is 10.9 Å². The van der Waals surface area contributed by atoms with Crippen LogP contribution in [0, 0.1) is 0 Å². The van der Waals surface area contributed by atoms with Crippen LogP contribution in [-0.2, 0) is 4.74 Å². The predicted molar refractivity (Wildman–Crippen MR) is 69.5 cm³/mol. The molecule has 2 rings (SSSR count). The van der Waals surface area contributed by atoms with E-state index in [4.69, 9.17) is 16.3 Å². The van der Waals surface area contributed by atoms with Crippen molar-refractivity contribution in [2.24, 2.45) is 0 Å². The quantitative estimate of drug-likeness (QED) is 0.893. The molecule has 1 fully saturated rings. The highest BCUT2D eigenvalue weighted by molar-refractivity contribution is 6.31. The third-order valence-electron chi connectivity index (χ3n) is 3.43. The number of ether oxygens (including phenoxy) is 1. The van der Waals surface area contributed by atoms with Gasteiger partial charge in [0.25, 0.3) is 0 Å². The van der Waals surface area contributed by atoms with Crippen LogP contribution in [0.2, 0.25) is 5.02 Å². The summed E-state index contributed by atoms with van der Waals surface area (Å²) >= 11 is 6.16. The van der Waals surface area contributed by atoms with Crippen LogP contribution in [0.3, 0.4) is 0 Å². The third kappa shape index (κ3) is 3.21. The summed E-state index contributed by atoms with van der Waals surface area (Å²) in [6.07, 6.45) is 3.67. The van der Waals surface area contributed by atoms with Gasteiger partial charge in [0.1, 0.15) is 0 Å². The summed E-state index contributed by atoms with van der Waals surface area (Å²) in [5, 5.41) is 10.2. The molecule has 0 aromatic heterocycles. The predicted octanol–water partition coefficient (Wildman–Crippen LogP) is 3.37. The van der Waals surface area contributed by atoms with Gasteiger partial charge in [0.2, 0.25) is 0 Å². The number of hydrogen-bond acceptors (Lipinski definition) is 2. The second-order valence-electron chi connectivity index (χ2n) is 4.78. The highest BCUT2D eigenvalue weighted by Gasteiger charge is 2.26. The average Bonchev–Trinajstić information content (AvgIpc) is 2.73. The highest BCUT2D eigenvalue weighted by atomic mass is 35.5. The summed E-state index contributed by atoms with van der Waals surface area (Å²) in [7, 11) is 0. The minimum Gasteiger partial charge on any atom is -0.396 e.